The van der Waals surface area contributed by atoms with Crippen molar-refractivity contribution >= 4 is 5.82 Å². The lowest BCUT2D eigenvalue weighted by Gasteiger charge is -2.20. The Labute approximate surface area is 107 Å². The molecule has 0 aliphatic carbocycles. The Kier molecular flexibility index (Phi) is 3.89. The average molecular weight is 243 g/mol. The molecule has 2 rings (SSSR count). The molecule has 18 heavy (non-hydrogen) atoms. The smallest absolute Gasteiger partial charge is 0.131 e. The molecule has 2 heterocycles. The van der Waals surface area contributed by atoms with Crippen LogP contribution >= 0.6 is 0 Å². The van der Waals surface area contributed by atoms with Crippen LogP contribution in [0.25, 0.3) is 0 Å². The van der Waals surface area contributed by atoms with Gasteiger partial charge in [-0.2, -0.15) is 0 Å². The van der Waals surface area contributed by atoms with Crippen molar-refractivity contribution in [3.05, 3.63) is 53.5 Å². The van der Waals surface area contributed by atoms with Gasteiger partial charge in [0.25, 0.3) is 0 Å². The van der Waals surface area contributed by atoms with Gasteiger partial charge in [-0.05, 0) is 35.7 Å². The molecule has 2 aromatic rings. The molecule has 0 spiro atoms. The second-order valence-electron chi connectivity index (χ2n) is 4.36. The number of nitrogens with zero attached hydrogens (tertiary/aromatic N) is 3. The van der Waals surface area contributed by atoms with Gasteiger partial charge in [0.15, 0.2) is 0 Å². The third-order valence-electron chi connectivity index (χ3n) is 2.79. The first-order valence-corrected chi connectivity index (χ1v) is 5.87. The lowest BCUT2D eigenvalue weighted by molar-refractivity contribution is 0.281. The van der Waals surface area contributed by atoms with E-state index in [4.69, 9.17) is 5.11 Å². The van der Waals surface area contributed by atoms with Crippen molar-refractivity contribution in [2.45, 2.75) is 20.1 Å². The third-order valence-corrected chi connectivity index (χ3v) is 2.79. The van der Waals surface area contributed by atoms with E-state index >= 15 is 0 Å². The van der Waals surface area contributed by atoms with Crippen molar-refractivity contribution in [3.63, 3.8) is 0 Å². The first-order chi connectivity index (χ1) is 8.70. The van der Waals surface area contributed by atoms with E-state index in [9.17, 15) is 0 Å². The second kappa shape index (κ2) is 5.60. The zero-order chi connectivity index (χ0) is 13.0. The number of aromatic nitrogens is 2. The van der Waals surface area contributed by atoms with Crippen LogP contribution in [-0.4, -0.2) is 22.1 Å². The highest BCUT2D eigenvalue weighted by atomic mass is 16.3. The summed E-state index contributed by atoms with van der Waals surface area (Å²) in [6.45, 7) is 2.79. The van der Waals surface area contributed by atoms with Crippen molar-refractivity contribution in [1.82, 2.24) is 9.97 Å². The zero-order valence-electron chi connectivity index (χ0n) is 10.7. The number of aliphatic hydroxyl groups excluding tert-OH is 1. The Morgan fingerprint density at radius 1 is 1.28 bits per heavy atom. The molecule has 0 unspecified atom stereocenters. The van der Waals surface area contributed by atoms with Crippen LogP contribution in [-0.2, 0) is 13.2 Å². The van der Waals surface area contributed by atoms with Gasteiger partial charge in [0.05, 0.1) is 6.61 Å². The SMILES string of the molecule is Cc1cc(CO)cnc1N(C)Cc1cccnc1. The lowest BCUT2D eigenvalue weighted by Crippen LogP contribution is -2.19. The molecule has 0 radical (unpaired) electrons. The van der Waals surface area contributed by atoms with Crippen LogP contribution in [0, 0.1) is 6.92 Å². The fourth-order valence-electron chi connectivity index (χ4n) is 1.95. The molecule has 4 nitrogen and oxygen atoms in total. The van der Waals surface area contributed by atoms with Gasteiger partial charge >= 0.3 is 0 Å². The van der Waals surface area contributed by atoms with E-state index in [-0.39, 0.29) is 6.61 Å². The number of hydrogen-bond donors (Lipinski definition) is 1. The summed E-state index contributed by atoms with van der Waals surface area (Å²) in [4.78, 5) is 10.6. The zero-order valence-corrected chi connectivity index (χ0v) is 10.7. The quantitative estimate of drug-likeness (QED) is 0.891. The van der Waals surface area contributed by atoms with Gasteiger partial charge in [-0.1, -0.05) is 6.07 Å². The van der Waals surface area contributed by atoms with Crippen molar-refractivity contribution in [2.24, 2.45) is 0 Å². The number of hydrogen-bond acceptors (Lipinski definition) is 4. The second-order valence-corrected chi connectivity index (χ2v) is 4.36. The number of rotatable bonds is 4. The molecule has 1 N–H and O–H groups in total. The maximum atomic E-state index is 9.06. The molecule has 0 aliphatic heterocycles. The van der Waals surface area contributed by atoms with Crippen LogP contribution in [0.2, 0.25) is 0 Å². The van der Waals surface area contributed by atoms with Gasteiger partial charge in [0.2, 0.25) is 0 Å². The fraction of sp³-hybridized carbons (Fsp3) is 0.286. The standard InChI is InChI=1S/C14H17N3O/c1-11-6-13(10-18)8-16-14(11)17(2)9-12-4-3-5-15-7-12/h3-8,18H,9-10H2,1-2H3. The van der Waals surface area contributed by atoms with Crippen LogP contribution in [0.1, 0.15) is 16.7 Å². The molecule has 0 saturated carbocycles. The fourth-order valence-corrected chi connectivity index (χ4v) is 1.95. The molecule has 0 saturated heterocycles. The van der Waals surface area contributed by atoms with Crippen molar-refractivity contribution < 1.29 is 5.11 Å². The van der Waals surface area contributed by atoms with E-state index in [1.54, 1.807) is 12.4 Å². The summed E-state index contributed by atoms with van der Waals surface area (Å²) >= 11 is 0. The first-order valence-electron chi connectivity index (χ1n) is 5.87. The topological polar surface area (TPSA) is 49.3 Å². The van der Waals surface area contributed by atoms with E-state index < -0.39 is 0 Å². The van der Waals surface area contributed by atoms with Gasteiger partial charge < -0.3 is 10.0 Å². The number of aliphatic hydroxyl groups is 1. The molecule has 0 atom stereocenters. The van der Waals surface area contributed by atoms with Gasteiger partial charge in [-0.3, -0.25) is 4.98 Å². The molecule has 0 bridgehead atoms. The highest BCUT2D eigenvalue weighted by molar-refractivity contribution is 5.47. The molecule has 94 valence electrons. The van der Waals surface area contributed by atoms with Gasteiger partial charge in [-0.25, -0.2) is 4.98 Å². The summed E-state index contributed by atoms with van der Waals surface area (Å²) in [5.41, 5.74) is 3.05. The summed E-state index contributed by atoms with van der Waals surface area (Å²) in [5, 5.41) is 9.06. The van der Waals surface area contributed by atoms with Crippen LogP contribution < -0.4 is 4.90 Å². The Morgan fingerprint density at radius 3 is 2.72 bits per heavy atom. The monoisotopic (exact) mass is 243 g/mol. The number of anilines is 1. The summed E-state index contributed by atoms with van der Waals surface area (Å²) in [5.74, 6) is 0.927. The molecule has 2 aromatic heterocycles. The van der Waals surface area contributed by atoms with E-state index in [0.29, 0.717) is 0 Å². The largest absolute Gasteiger partial charge is 0.392 e. The van der Waals surface area contributed by atoms with Crippen LogP contribution in [0.5, 0.6) is 0 Å². The normalized spacial score (nSPS) is 10.4. The number of pyridine rings is 2. The van der Waals surface area contributed by atoms with E-state index in [1.165, 1.54) is 0 Å². The van der Waals surface area contributed by atoms with Gasteiger partial charge in [0.1, 0.15) is 5.82 Å². The highest BCUT2D eigenvalue weighted by Crippen LogP contribution is 2.18. The summed E-state index contributed by atoms with van der Waals surface area (Å²) < 4.78 is 0. The molecular formula is C14H17N3O. The van der Waals surface area contributed by atoms with E-state index in [2.05, 4.69) is 14.9 Å². The minimum absolute atomic E-state index is 0.0282. The minimum atomic E-state index is 0.0282. The summed E-state index contributed by atoms with van der Waals surface area (Å²) in [6, 6.07) is 5.93. The maximum absolute atomic E-state index is 9.06. The van der Waals surface area contributed by atoms with Crippen molar-refractivity contribution in [2.75, 3.05) is 11.9 Å². The Bertz CT molecular complexity index is 514. The highest BCUT2D eigenvalue weighted by Gasteiger charge is 2.07. The molecule has 0 aliphatic rings. The minimum Gasteiger partial charge on any atom is -0.392 e. The summed E-state index contributed by atoms with van der Waals surface area (Å²) in [6.07, 6.45) is 5.33. The van der Waals surface area contributed by atoms with Gasteiger partial charge in [0, 0.05) is 32.2 Å². The predicted octanol–water partition coefficient (Wildman–Crippen LogP) is 1.91. The predicted molar refractivity (Wildman–Crippen MR) is 71.2 cm³/mol. The molecule has 4 heteroatoms. The Balaban J connectivity index is 2.16. The molecule has 0 amide bonds. The molecular weight excluding hydrogens is 226 g/mol. The van der Waals surface area contributed by atoms with Crippen molar-refractivity contribution in [3.8, 4) is 0 Å². The van der Waals surface area contributed by atoms with Gasteiger partial charge in [-0.15, -0.1) is 0 Å². The van der Waals surface area contributed by atoms with Crippen LogP contribution in [0.3, 0.4) is 0 Å². The average Bonchev–Trinajstić information content (AvgIpc) is 2.39. The van der Waals surface area contributed by atoms with E-state index in [0.717, 1.165) is 29.1 Å². The number of aryl methyl sites for hydroxylation is 1. The lowest BCUT2D eigenvalue weighted by atomic mass is 10.2. The summed E-state index contributed by atoms with van der Waals surface area (Å²) in [7, 11) is 2.00. The molecule has 0 aromatic carbocycles. The Morgan fingerprint density at radius 2 is 2.11 bits per heavy atom. The first kappa shape index (κ1) is 12.5. The maximum Gasteiger partial charge on any atom is 0.131 e. The van der Waals surface area contributed by atoms with Crippen molar-refractivity contribution in [1.29, 1.82) is 0 Å². The Hall–Kier alpha value is -1.94. The van der Waals surface area contributed by atoms with E-state index in [1.807, 2.05) is 38.4 Å². The third kappa shape index (κ3) is 2.84. The van der Waals surface area contributed by atoms with Crippen LogP contribution in [0.15, 0.2) is 36.8 Å². The molecule has 0 fully saturated rings. The van der Waals surface area contributed by atoms with Crippen LogP contribution in [0.4, 0.5) is 5.82 Å².